The van der Waals surface area contributed by atoms with Crippen LogP contribution in [0.25, 0.3) is 28.1 Å². The highest BCUT2D eigenvalue weighted by atomic mass is 32.1. The smallest absolute Gasteiger partial charge is 0.235 e. The van der Waals surface area contributed by atoms with Gasteiger partial charge in [-0.3, -0.25) is 4.98 Å². The van der Waals surface area contributed by atoms with Crippen molar-refractivity contribution in [1.29, 1.82) is 0 Å². The third kappa shape index (κ3) is 3.10. The van der Waals surface area contributed by atoms with Crippen molar-refractivity contribution in [2.24, 2.45) is 0 Å². The summed E-state index contributed by atoms with van der Waals surface area (Å²) in [4.78, 5) is 5.11. The summed E-state index contributed by atoms with van der Waals surface area (Å²) in [6.45, 7) is 0. The number of nitrogens with zero attached hydrogens (tertiary/aromatic N) is 5. The van der Waals surface area contributed by atoms with E-state index in [1.165, 1.54) is 11.3 Å². The minimum absolute atomic E-state index is 0.646. The van der Waals surface area contributed by atoms with E-state index in [1.54, 1.807) is 10.7 Å². The molecule has 0 saturated heterocycles. The van der Waals surface area contributed by atoms with Crippen LogP contribution in [0.5, 0.6) is 0 Å². The Morgan fingerprint density at radius 2 is 1.46 bits per heavy atom. The Morgan fingerprint density at radius 3 is 2.11 bits per heavy atom. The largest absolute Gasteiger partial charge is 0.253 e. The Labute approximate surface area is 165 Å². The van der Waals surface area contributed by atoms with E-state index in [4.69, 9.17) is 5.10 Å². The summed E-state index contributed by atoms with van der Waals surface area (Å²) < 4.78 is 1.76. The summed E-state index contributed by atoms with van der Waals surface area (Å²) in [5.74, 6) is 0.646. The first-order valence-electron chi connectivity index (χ1n) is 8.85. The van der Waals surface area contributed by atoms with E-state index in [1.807, 2.05) is 54.6 Å². The second-order valence-corrected chi connectivity index (χ2v) is 7.15. The Hall–Kier alpha value is -3.64. The van der Waals surface area contributed by atoms with Gasteiger partial charge in [0.1, 0.15) is 10.7 Å². The van der Waals surface area contributed by atoms with E-state index in [0.29, 0.717) is 5.82 Å². The molecule has 5 rings (SSSR count). The molecule has 6 heteroatoms. The first kappa shape index (κ1) is 16.5. The van der Waals surface area contributed by atoms with Gasteiger partial charge in [0.15, 0.2) is 0 Å². The maximum atomic E-state index is 4.73. The van der Waals surface area contributed by atoms with Crippen LogP contribution >= 0.6 is 11.3 Å². The van der Waals surface area contributed by atoms with Gasteiger partial charge in [-0.15, -0.1) is 10.2 Å². The molecule has 0 spiro atoms. The molecule has 0 aliphatic rings. The lowest BCUT2D eigenvalue weighted by atomic mass is 9.98. The summed E-state index contributed by atoms with van der Waals surface area (Å²) in [7, 11) is 0. The van der Waals surface area contributed by atoms with Gasteiger partial charge in [0, 0.05) is 6.20 Å². The molecule has 5 nitrogen and oxygen atoms in total. The van der Waals surface area contributed by atoms with Gasteiger partial charge in [0.05, 0.1) is 0 Å². The van der Waals surface area contributed by atoms with Crippen LogP contribution in [0.1, 0.15) is 16.1 Å². The number of pyridine rings is 1. The average molecular weight is 381 g/mol. The van der Waals surface area contributed by atoms with Crippen LogP contribution in [0.15, 0.2) is 85.1 Å². The molecule has 2 aromatic carbocycles. The molecular weight excluding hydrogens is 366 g/mol. The number of hydrogen-bond donors (Lipinski definition) is 0. The first-order chi connectivity index (χ1) is 13.9. The van der Waals surface area contributed by atoms with Crippen molar-refractivity contribution in [2.75, 3.05) is 0 Å². The van der Waals surface area contributed by atoms with Crippen molar-refractivity contribution < 1.29 is 0 Å². The van der Waals surface area contributed by atoms with Crippen LogP contribution < -0.4 is 0 Å². The van der Waals surface area contributed by atoms with E-state index in [2.05, 4.69) is 45.5 Å². The molecule has 3 heterocycles. The minimum atomic E-state index is 0.646. The Balaban J connectivity index is 1.63. The van der Waals surface area contributed by atoms with E-state index in [0.717, 1.165) is 32.4 Å². The van der Waals surface area contributed by atoms with Gasteiger partial charge < -0.3 is 0 Å². The molecule has 0 radical (unpaired) electrons. The number of aromatic nitrogens is 5. The molecule has 0 bridgehead atoms. The number of hydrogen-bond acceptors (Lipinski definition) is 5. The molecule has 0 saturated carbocycles. The lowest BCUT2D eigenvalue weighted by Gasteiger charge is -2.07. The maximum absolute atomic E-state index is 4.73. The quantitative estimate of drug-likeness (QED) is 0.447. The third-order valence-electron chi connectivity index (χ3n) is 4.34. The van der Waals surface area contributed by atoms with Crippen molar-refractivity contribution in [2.45, 2.75) is 0 Å². The molecule has 3 aromatic heterocycles. The molecule has 134 valence electrons. The van der Waals surface area contributed by atoms with Crippen LogP contribution in [0, 0.1) is 0 Å². The second kappa shape index (κ2) is 7.17. The fourth-order valence-electron chi connectivity index (χ4n) is 3.04. The van der Waals surface area contributed by atoms with Crippen LogP contribution in [0.3, 0.4) is 0 Å². The Kier molecular flexibility index (Phi) is 4.23. The third-order valence-corrected chi connectivity index (χ3v) is 5.18. The highest BCUT2D eigenvalue weighted by molar-refractivity contribution is 7.17. The maximum Gasteiger partial charge on any atom is 0.235 e. The molecule has 0 N–H and O–H groups in total. The summed E-state index contributed by atoms with van der Waals surface area (Å²) in [5.41, 5.74) is 4.15. The topological polar surface area (TPSA) is 56.0 Å². The highest BCUT2D eigenvalue weighted by Gasteiger charge is 2.14. The standard InChI is InChI=1S/C22H15N5S/c1-3-9-16(10-4-1)18(17-11-5-2-6-12-17)15-20-26-27-21(24-25-22(27)28-20)19-13-7-8-14-23-19/h1-15H. The predicted molar refractivity (Wildman–Crippen MR) is 112 cm³/mol. The molecule has 5 aromatic rings. The highest BCUT2D eigenvalue weighted by Crippen LogP contribution is 2.28. The van der Waals surface area contributed by atoms with Gasteiger partial charge in [0.25, 0.3) is 0 Å². The molecule has 0 unspecified atom stereocenters. The molecule has 0 aliphatic carbocycles. The lowest BCUT2D eigenvalue weighted by molar-refractivity contribution is 0.951. The van der Waals surface area contributed by atoms with Gasteiger partial charge >= 0.3 is 0 Å². The zero-order chi connectivity index (χ0) is 18.8. The SMILES string of the molecule is C(=C(c1ccccc1)c1ccccc1)c1nn2c(-c3ccccn3)nnc2s1. The summed E-state index contributed by atoms with van der Waals surface area (Å²) in [6.07, 6.45) is 3.85. The minimum Gasteiger partial charge on any atom is -0.253 e. The summed E-state index contributed by atoms with van der Waals surface area (Å²) in [6, 6.07) is 26.4. The van der Waals surface area contributed by atoms with Crippen LogP contribution in [0.2, 0.25) is 0 Å². The fourth-order valence-corrected chi connectivity index (χ4v) is 3.82. The van der Waals surface area contributed by atoms with Crippen molar-refractivity contribution in [3.8, 4) is 11.5 Å². The van der Waals surface area contributed by atoms with Gasteiger partial charge in [-0.25, -0.2) is 0 Å². The van der Waals surface area contributed by atoms with Gasteiger partial charge in [-0.2, -0.15) is 9.61 Å². The number of fused-ring (bicyclic) bond motifs is 1. The monoisotopic (exact) mass is 381 g/mol. The average Bonchev–Trinajstić information content (AvgIpc) is 3.34. The van der Waals surface area contributed by atoms with Gasteiger partial charge in [0.2, 0.25) is 10.8 Å². The fraction of sp³-hybridized carbons (Fsp3) is 0. The van der Waals surface area contributed by atoms with Crippen molar-refractivity contribution in [3.05, 3.63) is 101 Å². The summed E-state index contributed by atoms with van der Waals surface area (Å²) >= 11 is 1.50. The van der Waals surface area contributed by atoms with Crippen LogP contribution in [-0.2, 0) is 0 Å². The molecular formula is C22H15N5S. The first-order valence-corrected chi connectivity index (χ1v) is 9.66. The molecule has 0 amide bonds. The van der Waals surface area contributed by atoms with Gasteiger partial charge in [-0.05, 0) is 34.9 Å². The van der Waals surface area contributed by atoms with E-state index in [9.17, 15) is 0 Å². The van der Waals surface area contributed by atoms with Crippen molar-refractivity contribution in [1.82, 2.24) is 24.8 Å². The van der Waals surface area contributed by atoms with Crippen LogP contribution in [0.4, 0.5) is 0 Å². The van der Waals surface area contributed by atoms with E-state index >= 15 is 0 Å². The molecule has 0 aliphatic heterocycles. The molecule has 0 atom stereocenters. The molecule has 0 fully saturated rings. The van der Waals surface area contributed by atoms with Crippen LogP contribution in [-0.4, -0.2) is 24.8 Å². The zero-order valence-corrected chi connectivity index (χ0v) is 15.6. The van der Waals surface area contributed by atoms with E-state index < -0.39 is 0 Å². The second-order valence-electron chi connectivity index (χ2n) is 6.16. The zero-order valence-electron chi connectivity index (χ0n) is 14.8. The summed E-state index contributed by atoms with van der Waals surface area (Å²) in [5, 5.41) is 14.1. The normalized spacial score (nSPS) is 10.9. The Bertz CT molecular complexity index is 1200. The van der Waals surface area contributed by atoms with Crippen molar-refractivity contribution in [3.63, 3.8) is 0 Å². The van der Waals surface area contributed by atoms with Gasteiger partial charge in [-0.1, -0.05) is 78.1 Å². The number of rotatable bonds is 4. The molecule has 28 heavy (non-hydrogen) atoms. The van der Waals surface area contributed by atoms with E-state index in [-0.39, 0.29) is 0 Å². The van der Waals surface area contributed by atoms with Crippen molar-refractivity contribution >= 4 is 27.9 Å². The lowest BCUT2D eigenvalue weighted by Crippen LogP contribution is -1.93. The Morgan fingerprint density at radius 1 is 0.786 bits per heavy atom. The predicted octanol–water partition coefficient (Wildman–Crippen LogP) is 4.84. The number of benzene rings is 2.